The van der Waals surface area contributed by atoms with Gasteiger partial charge >= 0.3 is 5.97 Å². The standard InChI is InChI=1S/C22H19F5N4O2S2/c1-2-33-21(32)14-10-5-3-4-6-12(10)35-20(14)29-22(34)28-13-7-8-31(30-13)9-11-15(23)17(25)19(27)18(26)16(11)24/h7-8H,2-6,9H2,1H3,(H2,28,29,30,34). The minimum atomic E-state index is -2.22. The highest BCUT2D eigenvalue weighted by Crippen LogP contribution is 2.38. The number of rotatable bonds is 6. The van der Waals surface area contributed by atoms with Gasteiger partial charge in [0.15, 0.2) is 34.2 Å². The maximum Gasteiger partial charge on any atom is 0.341 e. The van der Waals surface area contributed by atoms with Crippen LogP contribution in [0, 0.1) is 29.1 Å². The fraction of sp³-hybridized carbons (Fsp3) is 0.318. The average Bonchev–Trinajstić information content (AvgIpc) is 3.42. The monoisotopic (exact) mass is 530 g/mol. The minimum absolute atomic E-state index is 0.0932. The van der Waals surface area contributed by atoms with Crippen molar-refractivity contribution in [2.24, 2.45) is 0 Å². The van der Waals surface area contributed by atoms with Crippen LogP contribution in [0.5, 0.6) is 0 Å². The number of nitrogens with one attached hydrogen (secondary N) is 2. The lowest BCUT2D eigenvalue weighted by atomic mass is 9.95. The van der Waals surface area contributed by atoms with Crippen molar-refractivity contribution < 1.29 is 31.5 Å². The van der Waals surface area contributed by atoms with Crippen molar-refractivity contribution in [3.8, 4) is 0 Å². The Labute approximate surface area is 206 Å². The molecule has 4 rings (SSSR count). The van der Waals surface area contributed by atoms with Crippen LogP contribution in [0.3, 0.4) is 0 Å². The normalized spacial score (nSPS) is 12.9. The molecule has 0 bridgehead atoms. The van der Waals surface area contributed by atoms with Crippen molar-refractivity contribution in [1.82, 2.24) is 9.78 Å². The van der Waals surface area contributed by atoms with E-state index in [1.165, 1.54) is 23.6 Å². The molecule has 3 aromatic rings. The number of esters is 1. The fourth-order valence-corrected chi connectivity index (χ4v) is 5.34. The summed E-state index contributed by atoms with van der Waals surface area (Å²) in [6.45, 7) is 1.25. The van der Waals surface area contributed by atoms with E-state index < -0.39 is 47.2 Å². The summed E-state index contributed by atoms with van der Waals surface area (Å²) in [5, 5.41) is 10.4. The van der Waals surface area contributed by atoms with Crippen molar-refractivity contribution in [3.63, 3.8) is 0 Å². The Balaban J connectivity index is 1.49. The number of benzene rings is 1. The van der Waals surface area contributed by atoms with Gasteiger partial charge in [0, 0.05) is 17.1 Å². The summed E-state index contributed by atoms with van der Waals surface area (Å²) in [5.74, 6) is -10.4. The zero-order valence-electron chi connectivity index (χ0n) is 18.3. The number of hydrogen-bond acceptors (Lipinski definition) is 5. The van der Waals surface area contributed by atoms with Gasteiger partial charge in [-0.25, -0.2) is 26.7 Å². The molecule has 0 saturated carbocycles. The first-order chi connectivity index (χ1) is 16.7. The van der Waals surface area contributed by atoms with Crippen molar-refractivity contribution in [3.05, 3.63) is 62.9 Å². The van der Waals surface area contributed by atoms with Gasteiger partial charge in [-0.05, 0) is 50.4 Å². The molecule has 0 atom stereocenters. The summed E-state index contributed by atoms with van der Waals surface area (Å²) in [6, 6.07) is 1.41. The maximum absolute atomic E-state index is 14.0. The Kier molecular flexibility index (Phi) is 7.36. The highest BCUT2D eigenvalue weighted by atomic mass is 32.1. The van der Waals surface area contributed by atoms with Gasteiger partial charge in [0.25, 0.3) is 0 Å². The van der Waals surface area contributed by atoms with Gasteiger partial charge < -0.3 is 15.4 Å². The summed E-state index contributed by atoms with van der Waals surface area (Å²) < 4.78 is 74.3. The van der Waals surface area contributed by atoms with Crippen molar-refractivity contribution in [1.29, 1.82) is 0 Å². The number of aromatic nitrogens is 2. The summed E-state index contributed by atoms with van der Waals surface area (Å²) in [7, 11) is 0. The maximum atomic E-state index is 14.0. The number of fused-ring (bicyclic) bond motifs is 1. The van der Waals surface area contributed by atoms with E-state index in [-0.39, 0.29) is 17.5 Å². The van der Waals surface area contributed by atoms with Crippen LogP contribution < -0.4 is 10.6 Å². The molecule has 0 saturated heterocycles. The predicted octanol–water partition coefficient (Wildman–Crippen LogP) is 5.55. The molecule has 2 heterocycles. The van der Waals surface area contributed by atoms with E-state index in [0.717, 1.165) is 40.8 Å². The van der Waals surface area contributed by atoms with Crippen LogP contribution in [-0.4, -0.2) is 27.5 Å². The van der Waals surface area contributed by atoms with Crippen molar-refractivity contribution >= 4 is 45.5 Å². The predicted molar refractivity (Wildman–Crippen MR) is 124 cm³/mol. The summed E-state index contributed by atoms with van der Waals surface area (Å²) in [4.78, 5) is 13.7. The number of thiophene rings is 1. The third-order valence-corrected chi connectivity index (χ3v) is 6.79. The first-order valence-corrected chi connectivity index (χ1v) is 11.9. The topological polar surface area (TPSA) is 68.2 Å². The zero-order chi connectivity index (χ0) is 25.3. The number of thiocarbonyl (C=S) groups is 1. The molecule has 0 unspecified atom stereocenters. The quantitative estimate of drug-likeness (QED) is 0.143. The van der Waals surface area contributed by atoms with Crippen LogP contribution in [0.1, 0.15) is 46.1 Å². The van der Waals surface area contributed by atoms with Gasteiger partial charge in [-0.1, -0.05) is 0 Å². The number of hydrogen-bond donors (Lipinski definition) is 2. The van der Waals surface area contributed by atoms with E-state index in [2.05, 4.69) is 15.7 Å². The molecule has 35 heavy (non-hydrogen) atoms. The van der Waals surface area contributed by atoms with Gasteiger partial charge in [0.05, 0.1) is 24.3 Å². The number of anilines is 2. The van der Waals surface area contributed by atoms with Gasteiger partial charge in [-0.15, -0.1) is 11.3 Å². The van der Waals surface area contributed by atoms with E-state index >= 15 is 0 Å². The summed E-state index contributed by atoms with van der Waals surface area (Å²) >= 11 is 6.74. The Bertz CT molecular complexity index is 1280. The SMILES string of the molecule is CCOC(=O)c1c(NC(=S)Nc2ccn(Cc3c(F)c(F)c(F)c(F)c3F)n2)sc2c1CCCC2. The molecule has 13 heteroatoms. The number of carbonyl (C=O) groups is 1. The lowest BCUT2D eigenvalue weighted by Gasteiger charge is -2.12. The molecular formula is C22H19F5N4O2S2. The van der Waals surface area contributed by atoms with Crippen LogP contribution in [-0.2, 0) is 24.1 Å². The first-order valence-electron chi connectivity index (χ1n) is 10.6. The number of nitrogens with zero attached hydrogens (tertiary/aromatic N) is 2. The van der Waals surface area contributed by atoms with E-state index in [1.807, 2.05) is 0 Å². The smallest absolute Gasteiger partial charge is 0.341 e. The van der Waals surface area contributed by atoms with Crippen molar-refractivity contribution in [2.45, 2.75) is 39.2 Å². The number of carbonyl (C=O) groups excluding carboxylic acids is 1. The lowest BCUT2D eigenvalue weighted by molar-refractivity contribution is 0.0526. The molecule has 0 fully saturated rings. The highest BCUT2D eigenvalue weighted by Gasteiger charge is 2.28. The third kappa shape index (κ3) is 5.01. The van der Waals surface area contributed by atoms with Crippen molar-refractivity contribution in [2.75, 3.05) is 17.2 Å². The number of ether oxygens (including phenoxy) is 1. The van der Waals surface area contributed by atoms with Crippen LogP contribution >= 0.6 is 23.6 Å². The molecule has 6 nitrogen and oxygen atoms in total. The second kappa shape index (κ2) is 10.3. The highest BCUT2D eigenvalue weighted by molar-refractivity contribution is 7.80. The Morgan fingerprint density at radius 3 is 2.43 bits per heavy atom. The molecule has 2 aromatic heterocycles. The molecule has 0 amide bonds. The second-order valence-electron chi connectivity index (χ2n) is 7.66. The average molecular weight is 531 g/mol. The zero-order valence-corrected chi connectivity index (χ0v) is 19.9. The van der Waals surface area contributed by atoms with E-state index in [1.54, 1.807) is 6.92 Å². The van der Waals surface area contributed by atoms with Crippen LogP contribution in [0.4, 0.5) is 32.8 Å². The molecule has 1 aliphatic rings. The fourth-order valence-electron chi connectivity index (χ4n) is 3.79. The Morgan fingerprint density at radius 1 is 1.09 bits per heavy atom. The molecule has 0 aliphatic heterocycles. The van der Waals surface area contributed by atoms with Gasteiger partial charge in [0.2, 0.25) is 5.82 Å². The molecule has 0 spiro atoms. The van der Waals surface area contributed by atoms with Gasteiger partial charge in [-0.3, -0.25) is 4.68 Å². The molecule has 186 valence electrons. The molecular weight excluding hydrogens is 511 g/mol. The second-order valence-corrected chi connectivity index (χ2v) is 9.18. The Hall–Kier alpha value is -3.06. The summed E-state index contributed by atoms with van der Waals surface area (Å²) in [5.41, 5.74) is 0.393. The Morgan fingerprint density at radius 2 is 1.74 bits per heavy atom. The minimum Gasteiger partial charge on any atom is -0.462 e. The number of aryl methyl sites for hydroxylation is 1. The first kappa shape index (κ1) is 25.0. The molecule has 0 radical (unpaired) electrons. The summed E-state index contributed by atoms with van der Waals surface area (Å²) in [6.07, 6.45) is 4.91. The van der Waals surface area contributed by atoms with Gasteiger partial charge in [-0.2, -0.15) is 5.10 Å². The van der Waals surface area contributed by atoms with Crippen LogP contribution in [0.15, 0.2) is 12.3 Å². The van der Waals surface area contributed by atoms with Crippen LogP contribution in [0.2, 0.25) is 0 Å². The molecule has 2 N–H and O–H groups in total. The largest absolute Gasteiger partial charge is 0.462 e. The third-order valence-electron chi connectivity index (χ3n) is 5.38. The van der Waals surface area contributed by atoms with E-state index in [4.69, 9.17) is 17.0 Å². The van der Waals surface area contributed by atoms with E-state index in [0.29, 0.717) is 10.6 Å². The number of halogens is 5. The van der Waals surface area contributed by atoms with E-state index in [9.17, 15) is 26.7 Å². The van der Waals surface area contributed by atoms with Crippen LogP contribution in [0.25, 0.3) is 0 Å². The molecule has 1 aliphatic carbocycles. The van der Waals surface area contributed by atoms with Gasteiger partial charge in [0.1, 0.15) is 5.00 Å². The molecule has 1 aromatic carbocycles. The lowest BCUT2D eigenvalue weighted by Crippen LogP contribution is -2.21.